The van der Waals surface area contributed by atoms with Crippen LogP contribution in [0.3, 0.4) is 0 Å². The van der Waals surface area contributed by atoms with Crippen molar-refractivity contribution in [2.24, 2.45) is 0 Å². The molecule has 0 spiro atoms. The molecule has 0 amide bonds. The number of benzene rings is 9. The topological polar surface area (TPSA) is 38.3 Å². The van der Waals surface area contributed by atoms with Gasteiger partial charge in [-0.25, -0.2) is 0 Å². The van der Waals surface area contributed by atoms with Gasteiger partial charge in [-0.2, -0.15) is 0 Å². The Hall–Kier alpha value is -7.10. The molecule has 0 aliphatic carbocycles. The van der Waals surface area contributed by atoms with Crippen molar-refractivity contribution in [2.45, 2.75) is 0 Å². The van der Waals surface area contributed by atoms with Crippen LogP contribution in [0.15, 0.2) is 191 Å². The largest absolute Gasteiger partial charge is 0.456 e. The average molecular weight is 678 g/mol. The SMILES string of the molecule is c1cc(Nc2cccc3oc4cccc(-c5cccc(-c6cc7ccccc7c7ccccc67)c5)c4c23)cc(-c2ccc3c(c2)oc2ccccc23)c1. The molecule has 11 aromatic rings. The van der Waals surface area contributed by atoms with E-state index in [1.165, 1.54) is 32.7 Å². The molecule has 0 fully saturated rings. The minimum absolute atomic E-state index is 0.848. The monoisotopic (exact) mass is 677 g/mol. The van der Waals surface area contributed by atoms with Crippen molar-refractivity contribution in [1.29, 1.82) is 0 Å². The van der Waals surface area contributed by atoms with Gasteiger partial charge in [0.25, 0.3) is 0 Å². The van der Waals surface area contributed by atoms with Crippen LogP contribution in [0, 0.1) is 0 Å². The molecule has 0 radical (unpaired) electrons. The lowest BCUT2D eigenvalue weighted by atomic mass is 9.91. The van der Waals surface area contributed by atoms with Crippen LogP contribution < -0.4 is 5.32 Å². The molecule has 248 valence electrons. The predicted octanol–water partition coefficient (Wildman–Crippen LogP) is 14.5. The number of hydrogen-bond acceptors (Lipinski definition) is 3. The number of rotatable bonds is 5. The first-order valence-corrected chi connectivity index (χ1v) is 18.0. The van der Waals surface area contributed by atoms with Gasteiger partial charge in [0.05, 0.1) is 11.1 Å². The van der Waals surface area contributed by atoms with Gasteiger partial charge in [0.15, 0.2) is 0 Å². The molecule has 0 saturated heterocycles. The summed E-state index contributed by atoms with van der Waals surface area (Å²) in [4.78, 5) is 0. The molecule has 2 aromatic heterocycles. The molecule has 0 bridgehead atoms. The summed E-state index contributed by atoms with van der Waals surface area (Å²) in [7, 11) is 0. The van der Waals surface area contributed by atoms with Gasteiger partial charge in [0.2, 0.25) is 0 Å². The zero-order valence-corrected chi connectivity index (χ0v) is 28.6. The lowest BCUT2D eigenvalue weighted by Gasteiger charge is -2.13. The van der Waals surface area contributed by atoms with E-state index in [2.05, 4.69) is 175 Å². The van der Waals surface area contributed by atoms with E-state index >= 15 is 0 Å². The highest BCUT2D eigenvalue weighted by Crippen LogP contribution is 2.43. The van der Waals surface area contributed by atoms with Gasteiger partial charge in [-0.3, -0.25) is 0 Å². The van der Waals surface area contributed by atoms with E-state index in [1.54, 1.807) is 0 Å². The molecule has 0 saturated carbocycles. The van der Waals surface area contributed by atoms with Gasteiger partial charge in [-0.15, -0.1) is 0 Å². The second-order valence-electron chi connectivity index (χ2n) is 13.7. The standard InChI is InChI=1S/C50H31NO2/c1-2-16-37-35(11-1)29-43(40-18-4-3-17-39(37)40)34-14-7-13-33(27-34)38-20-9-23-46-49(38)50-44(21-10-24-47(50)53-46)51-36-15-8-12-31(28-36)32-25-26-42-41-19-5-6-22-45(41)52-48(42)30-32/h1-30,51H. The molecule has 2 heterocycles. The van der Waals surface area contributed by atoms with Gasteiger partial charge in [0.1, 0.15) is 22.3 Å². The number of furan rings is 2. The van der Waals surface area contributed by atoms with Crippen LogP contribution in [0.2, 0.25) is 0 Å². The van der Waals surface area contributed by atoms with Crippen molar-refractivity contribution in [3.05, 3.63) is 182 Å². The van der Waals surface area contributed by atoms with Crippen LogP contribution in [0.4, 0.5) is 11.4 Å². The summed E-state index contributed by atoms with van der Waals surface area (Å²) < 4.78 is 12.7. The van der Waals surface area contributed by atoms with Crippen molar-refractivity contribution in [1.82, 2.24) is 0 Å². The molecule has 0 aliphatic heterocycles. The number of hydrogen-bond donors (Lipinski definition) is 1. The van der Waals surface area contributed by atoms with Crippen LogP contribution in [-0.4, -0.2) is 0 Å². The number of nitrogens with one attached hydrogen (secondary N) is 1. The van der Waals surface area contributed by atoms with E-state index < -0.39 is 0 Å². The van der Waals surface area contributed by atoms with E-state index in [0.29, 0.717) is 0 Å². The summed E-state index contributed by atoms with van der Waals surface area (Å²) in [5, 5.41) is 13.2. The van der Waals surface area contributed by atoms with Gasteiger partial charge < -0.3 is 14.2 Å². The Labute approximate surface area is 305 Å². The van der Waals surface area contributed by atoms with Crippen LogP contribution in [0.1, 0.15) is 0 Å². The fraction of sp³-hybridized carbons (Fsp3) is 0. The van der Waals surface area contributed by atoms with Crippen molar-refractivity contribution in [2.75, 3.05) is 5.32 Å². The Morgan fingerprint density at radius 2 is 0.943 bits per heavy atom. The highest BCUT2D eigenvalue weighted by molar-refractivity contribution is 6.18. The molecular weight excluding hydrogens is 647 g/mol. The minimum atomic E-state index is 0.848. The molecule has 0 unspecified atom stereocenters. The summed E-state index contributed by atoms with van der Waals surface area (Å²) in [5.74, 6) is 0. The van der Waals surface area contributed by atoms with Gasteiger partial charge in [-0.05, 0) is 116 Å². The fourth-order valence-corrected chi connectivity index (χ4v) is 8.20. The molecule has 53 heavy (non-hydrogen) atoms. The normalized spacial score (nSPS) is 11.8. The Morgan fingerprint density at radius 3 is 1.85 bits per heavy atom. The maximum absolute atomic E-state index is 6.52. The highest BCUT2D eigenvalue weighted by Gasteiger charge is 2.17. The average Bonchev–Trinajstić information content (AvgIpc) is 3.79. The smallest absolute Gasteiger partial charge is 0.137 e. The van der Waals surface area contributed by atoms with Gasteiger partial charge in [0, 0.05) is 21.8 Å². The minimum Gasteiger partial charge on any atom is -0.456 e. The third kappa shape index (κ3) is 4.82. The van der Waals surface area contributed by atoms with E-state index in [-0.39, 0.29) is 0 Å². The third-order valence-corrected chi connectivity index (χ3v) is 10.6. The van der Waals surface area contributed by atoms with E-state index in [9.17, 15) is 0 Å². The summed E-state index contributed by atoms with van der Waals surface area (Å²) in [5.41, 5.74) is 12.4. The zero-order chi connectivity index (χ0) is 34.9. The predicted molar refractivity (Wildman–Crippen MR) is 222 cm³/mol. The lowest BCUT2D eigenvalue weighted by Crippen LogP contribution is -1.92. The first-order chi connectivity index (χ1) is 26.2. The molecule has 0 atom stereocenters. The van der Waals surface area contributed by atoms with Crippen LogP contribution in [0.25, 0.3) is 98.8 Å². The molecule has 3 heteroatoms. The number of para-hydroxylation sites is 1. The van der Waals surface area contributed by atoms with E-state index in [4.69, 9.17) is 8.83 Å². The Balaban J connectivity index is 1.01. The molecule has 1 N–H and O–H groups in total. The van der Waals surface area contributed by atoms with E-state index in [0.717, 1.165) is 77.5 Å². The molecule has 11 rings (SSSR count). The fourth-order valence-electron chi connectivity index (χ4n) is 8.20. The van der Waals surface area contributed by atoms with Gasteiger partial charge >= 0.3 is 0 Å². The summed E-state index contributed by atoms with van der Waals surface area (Å²) in [6.45, 7) is 0. The van der Waals surface area contributed by atoms with Crippen LogP contribution in [0.5, 0.6) is 0 Å². The molecule has 0 aliphatic rings. The summed E-state index contributed by atoms with van der Waals surface area (Å²) >= 11 is 0. The van der Waals surface area contributed by atoms with Crippen molar-refractivity contribution >= 4 is 76.8 Å². The van der Waals surface area contributed by atoms with Crippen molar-refractivity contribution in [3.63, 3.8) is 0 Å². The molecular formula is C50H31NO2. The zero-order valence-electron chi connectivity index (χ0n) is 28.6. The van der Waals surface area contributed by atoms with Crippen molar-refractivity contribution in [3.8, 4) is 33.4 Å². The number of anilines is 2. The maximum atomic E-state index is 6.52. The summed E-state index contributed by atoms with van der Waals surface area (Å²) in [6, 6.07) is 64.5. The number of fused-ring (bicyclic) bond motifs is 9. The quantitative estimate of drug-likeness (QED) is 0.184. The maximum Gasteiger partial charge on any atom is 0.137 e. The first-order valence-electron chi connectivity index (χ1n) is 18.0. The highest BCUT2D eigenvalue weighted by atomic mass is 16.3. The second kappa shape index (κ2) is 11.7. The summed E-state index contributed by atoms with van der Waals surface area (Å²) in [6.07, 6.45) is 0. The van der Waals surface area contributed by atoms with Crippen LogP contribution >= 0.6 is 0 Å². The second-order valence-corrected chi connectivity index (χ2v) is 13.7. The van der Waals surface area contributed by atoms with Crippen molar-refractivity contribution < 1.29 is 8.83 Å². The Morgan fingerprint density at radius 1 is 0.321 bits per heavy atom. The van der Waals surface area contributed by atoms with Crippen LogP contribution in [-0.2, 0) is 0 Å². The molecule has 9 aromatic carbocycles. The van der Waals surface area contributed by atoms with E-state index in [1.807, 2.05) is 12.1 Å². The first kappa shape index (κ1) is 29.6. The van der Waals surface area contributed by atoms with Gasteiger partial charge in [-0.1, -0.05) is 121 Å². The third-order valence-electron chi connectivity index (χ3n) is 10.6. The molecule has 3 nitrogen and oxygen atoms in total. The Kier molecular flexibility index (Phi) is 6.55. The Bertz CT molecular complexity index is 3220. The lowest BCUT2D eigenvalue weighted by molar-refractivity contribution is 0.668.